The first-order valence-electron chi connectivity index (χ1n) is 5.99. The number of nitrogens with one attached hydrogen (secondary N) is 1. The van der Waals surface area contributed by atoms with Crippen LogP contribution in [0.1, 0.15) is 21.5 Å². The van der Waals surface area contributed by atoms with E-state index in [1.54, 1.807) is 37.3 Å². The van der Waals surface area contributed by atoms with E-state index in [0.717, 1.165) is 5.56 Å². The molecule has 0 aromatic heterocycles. The van der Waals surface area contributed by atoms with Crippen molar-refractivity contribution in [2.75, 3.05) is 5.73 Å². The SMILES string of the molecule is Cc1cccc(C(=O)NCc2cccc(N)c2)c1O. The van der Waals surface area contributed by atoms with Crippen LogP contribution in [0.5, 0.6) is 5.75 Å². The summed E-state index contributed by atoms with van der Waals surface area (Å²) >= 11 is 0. The zero-order valence-electron chi connectivity index (χ0n) is 10.7. The Morgan fingerprint density at radius 1 is 1.26 bits per heavy atom. The molecule has 19 heavy (non-hydrogen) atoms. The Kier molecular flexibility index (Phi) is 3.71. The Morgan fingerprint density at radius 3 is 2.74 bits per heavy atom. The molecule has 0 saturated heterocycles. The van der Waals surface area contributed by atoms with Gasteiger partial charge in [0.25, 0.3) is 5.91 Å². The summed E-state index contributed by atoms with van der Waals surface area (Å²) in [6, 6.07) is 12.4. The molecule has 2 aromatic carbocycles. The van der Waals surface area contributed by atoms with Crippen molar-refractivity contribution in [3.8, 4) is 5.75 Å². The number of hydrogen-bond acceptors (Lipinski definition) is 3. The lowest BCUT2D eigenvalue weighted by molar-refractivity contribution is 0.0948. The van der Waals surface area contributed by atoms with Crippen molar-refractivity contribution in [1.82, 2.24) is 5.32 Å². The Hall–Kier alpha value is -2.49. The Balaban J connectivity index is 2.08. The number of para-hydroxylation sites is 1. The summed E-state index contributed by atoms with van der Waals surface area (Å²) in [6.07, 6.45) is 0. The molecule has 0 aliphatic carbocycles. The minimum Gasteiger partial charge on any atom is -0.507 e. The number of phenolic OH excluding ortho intramolecular Hbond substituents is 1. The molecular weight excluding hydrogens is 240 g/mol. The lowest BCUT2D eigenvalue weighted by Crippen LogP contribution is -2.23. The number of nitrogen functional groups attached to an aromatic ring is 1. The maximum absolute atomic E-state index is 12.0. The lowest BCUT2D eigenvalue weighted by atomic mass is 10.1. The summed E-state index contributed by atoms with van der Waals surface area (Å²) in [7, 11) is 0. The summed E-state index contributed by atoms with van der Waals surface area (Å²) in [6.45, 7) is 2.13. The van der Waals surface area contributed by atoms with Crippen molar-refractivity contribution in [1.29, 1.82) is 0 Å². The third-order valence-electron chi connectivity index (χ3n) is 2.89. The highest BCUT2D eigenvalue weighted by atomic mass is 16.3. The van der Waals surface area contributed by atoms with Gasteiger partial charge in [-0.3, -0.25) is 4.79 Å². The van der Waals surface area contributed by atoms with Crippen LogP contribution in [-0.4, -0.2) is 11.0 Å². The van der Waals surface area contributed by atoms with E-state index in [2.05, 4.69) is 5.32 Å². The normalized spacial score (nSPS) is 10.2. The van der Waals surface area contributed by atoms with Crippen LogP contribution < -0.4 is 11.1 Å². The van der Waals surface area contributed by atoms with E-state index in [0.29, 0.717) is 17.8 Å². The number of amides is 1. The first-order valence-corrected chi connectivity index (χ1v) is 5.99. The fourth-order valence-corrected chi connectivity index (χ4v) is 1.82. The number of benzene rings is 2. The number of aromatic hydroxyl groups is 1. The van der Waals surface area contributed by atoms with Gasteiger partial charge in [0.15, 0.2) is 0 Å². The topological polar surface area (TPSA) is 75.4 Å². The molecule has 0 fully saturated rings. The van der Waals surface area contributed by atoms with Gasteiger partial charge in [-0.2, -0.15) is 0 Å². The number of carbonyl (C=O) groups excluding carboxylic acids is 1. The van der Waals surface area contributed by atoms with E-state index in [-0.39, 0.29) is 17.2 Å². The van der Waals surface area contributed by atoms with Crippen LogP contribution in [0.4, 0.5) is 5.69 Å². The van der Waals surface area contributed by atoms with Gasteiger partial charge >= 0.3 is 0 Å². The van der Waals surface area contributed by atoms with Crippen LogP contribution in [-0.2, 0) is 6.54 Å². The van der Waals surface area contributed by atoms with Crippen molar-refractivity contribution in [2.45, 2.75) is 13.5 Å². The molecule has 0 spiro atoms. The molecular formula is C15H16N2O2. The van der Waals surface area contributed by atoms with Gasteiger partial charge in [-0.25, -0.2) is 0 Å². The van der Waals surface area contributed by atoms with Crippen LogP contribution in [0, 0.1) is 6.92 Å². The number of aryl methyl sites for hydroxylation is 1. The summed E-state index contributed by atoms with van der Waals surface area (Å²) in [5.41, 5.74) is 8.20. The Bertz CT molecular complexity index is 609. The van der Waals surface area contributed by atoms with E-state index in [9.17, 15) is 9.90 Å². The second kappa shape index (κ2) is 5.44. The fourth-order valence-electron chi connectivity index (χ4n) is 1.82. The molecule has 0 aliphatic heterocycles. The molecule has 98 valence electrons. The molecule has 2 rings (SSSR count). The van der Waals surface area contributed by atoms with Crippen LogP contribution in [0.15, 0.2) is 42.5 Å². The molecule has 0 unspecified atom stereocenters. The third-order valence-corrected chi connectivity index (χ3v) is 2.89. The van der Waals surface area contributed by atoms with Gasteiger partial charge < -0.3 is 16.2 Å². The highest BCUT2D eigenvalue weighted by molar-refractivity contribution is 5.97. The summed E-state index contributed by atoms with van der Waals surface area (Å²) in [5, 5.41) is 12.6. The van der Waals surface area contributed by atoms with E-state index in [1.165, 1.54) is 0 Å². The number of anilines is 1. The quantitative estimate of drug-likeness (QED) is 0.737. The molecule has 0 heterocycles. The van der Waals surface area contributed by atoms with Gasteiger partial charge in [0, 0.05) is 12.2 Å². The zero-order chi connectivity index (χ0) is 13.8. The predicted molar refractivity (Wildman–Crippen MR) is 74.9 cm³/mol. The summed E-state index contributed by atoms with van der Waals surface area (Å²) < 4.78 is 0. The molecule has 4 N–H and O–H groups in total. The van der Waals surface area contributed by atoms with Crippen LogP contribution in [0.25, 0.3) is 0 Å². The number of phenols is 1. The van der Waals surface area contributed by atoms with E-state index in [1.807, 2.05) is 12.1 Å². The molecule has 0 radical (unpaired) electrons. The molecule has 0 atom stereocenters. The Morgan fingerprint density at radius 2 is 2.00 bits per heavy atom. The molecule has 1 amide bonds. The standard InChI is InChI=1S/C15H16N2O2/c1-10-4-2-7-13(14(10)18)15(19)17-9-11-5-3-6-12(16)8-11/h2-8,18H,9,16H2,1H3,(H,17,19). The van der Waals surface area contributed by atoms with Crippen LogP contribution in [0.2, 0.25) is 0 Å². The maximum Gasteiger partial charge on any atom is 0.255 e. The number of hydrogen-bond donors (Lipinski definition) is 3. The van der Waals surface area contributed by atoms with Gasteiger partial charge in [-0.15, -0.1) is 0 Å². The number of nitrogens with two attached hydrogens (primary N) is 1. The highest BCUT2D eigenvalue weighted by Gasteiger charge is 2.11. The second-order valence-corrected chi connectivity index (χ2v) is 4.40. The van der Waals surface area contributed by atoms with Crippen LogP contribution >= 0.6 is 0 Å². The van der Waals surface area contributed by atoms with Crippen molar-refractivity contribution < 1.29 is 9.90 Å². The van der Waals surface area contributed by atoms with Crippen LogP contribution in [0.3, 0.4) is 0 Å². The first-order chi connectivity index (χ1) is 9.08. The second-order valence-electron chi connectivity index (χ2n) is 4.40. The van der Waals surface area contributed by atoms with E-state index in [4.69, 9.17) is 5.73 Å². The smallest absolute Gasteiger partial charge is 0.255 e. The number of rotatable bonds is 3. The minimum atomic E-state index is -0.302. The summed E-state index contributed by atoms with van der Waals surface area (Å²) in [4.78, 5) is 12.0. The monoisotopic (exact) mass is 256 g/mol. The third kappa shape index (κ3) is 3.04. The average Bonchev–Trinajstić information content (AvgIpc) is 2.39. The highest BCUT2D eigenvalue weighted by Crippen LogP contribution is 2.21. The summed E-state index contributed by atoms with van der Waals surface area (Å²) in [5.74, 6) is -0.281. The molecule has 0 aliphatic rings. The van der Waals surface area contributed by atoms with Gasteiger partial charge in [0.2, 0.25) is 0 Å². The number of carbonyl (C=O) groups is 1. The van der Waals surface area contributed by atoms with Gasteiger partial charge in [0.1, 0.15) is 5.75 Å². The van der Waals surface area contributed by atoms with Crippen molar-refractivity contribution in [3.63, 3.8) is 0 Å². The largest absolute Gasteiger partial charge is 0.507 e. The molecule has 4 nitrogen and oxygen atoms in total. The lowest BCUT2D eigenvalue weighted by Gasteiger charge is -2.08. The average molecular weight is 256 g/mol. The van der Waals surface area contributed by atoms with Gasteiger partial charge in [-0.1, -0.05) is 24.3 Å². The van der Waals surface area contributed by atoms with E-state index >= 15 is 0 Å². The van der Waals surface area contributed by atoms with E-state index < -0.39 is 0 Å². The minimum absolute atomic E-state index is 0.0209. The molecule has 2 aromatic rings. The van der Waals surface area contributed by atoms with Gasteiger partial charge in [-0.05, 0) is 36.2 Å². The molecule has 0 saturated carbocycles. The maximum atomic E-state index is 12.0. The van der Waals surface area contributed by atoms with Crippen molar-refractivity contribution in [3.05, 3.63) is 59.2 Å². The molecule has 0 bridgehead atoms. The van der Waals surface area contributed by atoms with Crippen molar-refractivity contribution >= 4 is 11.6 Å². The van der Waals surface area contributed by atoms with Gasteiger partial charge in [0.05, 0.1) is 5.56 Å². The molecule has 4 heteroatoms. The zero-order valence-corrected chi connectivity index (χ0v) is 10.7. The fraction of sp³-hybridized carbons (Fsp3) is 0.133. The predicted octanol–water partition coefficient (Wildman–Crippen LogP) is 2.21. The first kappa shape index (κ1) is 13.0. The van der Waals surface area contributed by atoms with Crippen molar-refractivity contribution in [2.24, 2.45) is 0 Å². The Labute approximate surface area is 111 Å².